The molecule has 0 amide bonds. The highest BCUT2D eigenvalue weighted by Gasteiger charge is 2.30. The van der Waals surface area contributed by atoms with E-state index in [4.69, 9.17) is 10.5 Å². The van der Waals surface area contributed by atoms with E-state index in [0.717, 1.165) is 15.7 Å². The van der Waals surface area contributed by atoms with Crippen LogP contribution in [0.25, 0.3) is 0 Å². The Kier molecular flexibility index (Phi) is 5.33. The maximum absolute atomic E-state index is 5.99. The summed E-state index contributed by atoms with van der Waals surface area (Å²) in [6, 6.07) is 0. The fraction of sp³-hybridized carbons (Fsp3) is 0.692. The Labute approximate surface area is 123 Å². The number of anilines is 1. The summed E-state index contributed by atoms with van der Waals surface area (Å²) >= 11 is 2.21. The molecule has 1 rings (SSSR count). The van der Waals surface area contributed by atoms with E-state index in [2.05, 4.69) is 53.3 Å². The molecule has 0 fully saturated rings. The van der Waals surface area contributed by atoms with E-state index in [-0.39, 0.29) is 0 Å². The minimum Gasteiger partial charge on any atom is -0.383 e. The first-order chi connectivity index (χ1) is 8.35. The van der Waals surface area contributed by atoms with Gasteiger partial charge < -0.3 is 10.5 Å². The van der Waals surface area contributed by atoms with Crippen LogP contribution in [0.5, 0.6) is 0 Å². The van der Waals surface area contributed by atoms with Crippen LogP contribution in [-0.2, 0) is 10.3 Å². The van der Waals surface area contributed by atoms with Crippen LogP contribution in [0.4, 0.5) is 5.82 Å². The number of nitrogens with zero attached hydrogens (tertiary/aromatic N) is 2. The van der Waals surface area contributed by atoms with Crippen molar-refractivity contribution in [3.63, 3.8) is 0 Å². The van der Waals surface area contributed by atoms with E-state index in [1.807, 2.05) is 13.8 Å². The first-order valence-corrected chi connectivity index (χ1v) is 7.40. The van der Waals surface area contributed by atoms with E-state index in [9.17, 15) is 0 Å². The number of nitrogens with two attached hydrogens (primary N) is 1. The van der Waals surface area contributed by atoms with Crippen LogP contribution in [0, 0.1) is 3.57 Å². The average Bonchev–Trinajstić information content (AvgIpc) is 2.32. The molecule has 1 aromatic rings. The summed E-state index contributed by atoms with van der Waals surface area (Å²) < 4.78 is 6.76. The van der Waals surface area contributed by atoms with Crippen LogP contribution in [0.2, 0.25) is 0 Å². The topological polar surface area (TPSA) is 61.0 Å². The van der Waals surface area contributed by atoms with Gasteiger partial charge in [0, 0.05) is 6.61 Å². The quantitative estimate of drug-likeness (QED) is 0.814. The molecular weight excluding hydrogens is 341 g/mol. The molecule has 0 saturated carbocycles. The fourth-order valence-electron chi connectivity index (χ4n) is 1.74. The summed E-state index contributed by atoms with van der Waals surface area (Å²) in [4.78, 5) is 9.08. The maximum atomic E-state index is 5.99. The van der Waals surface area contributed by atoms with Gasteiger partial charge in [0.15, 0.2) is 5.82 Å². The molecule has 18 heavy (non-hydrogen) atoms. The molecule has 0 bridgehead atoms. The lowest BCUT2D eigenvalue weighted by Crippen LogP contribution is -2.29. The van der Waals surface area contributed by atoms with Gasteiger partial charge in [0.05, 0.1) is 9.26 Å². The van der Waals surface area contributed by atoms with Crippen molar-refractivity contribution in [2.24, 2.45) is 0 Å². The summed E-state index contributed by atoms with van der Waals surface area (Å²) in [5.74, 6) is 1.56. The van der Waals surface area contributed by atoms with Gasteiger partial charge in [-0.1, -0.05) is 20.8 Å². The van der Waals surface area contributed by atoms with E-state index in [1.165, 1.54) is 0 Å². The van der Waals surface area contributed by atoms with Gasteiger partial charge in [-0.2, -0.15) is 0 Å². The van der Waals surface area contributed by atoms with Gasteiger partial charge in [0.1, 0.15) is 11.4 Å². The van der Waals surface area contributed by atoms with Gasteiger partial charge >= 0.3 is 0 Å². The van der Waals surface area contributed by atoms with E-state index >= 15 is 0 Å². The standard InChI is InChI=1S/C13H22IN3O/c1-6-13(5,18-7-2)12-16-10(8(3)4)9(14)11(15)17-12/h8H,6-7H2,1-5H3,(H2,15,16,17). The Morgan fingerprint density at radius 2 is 1.94 bits per heavy atom. The molecule has 1 unspecified atom stereocenters. The molecule has 0 aliphatic heterocycles. The molecule has 1 atom stereocenters. The zero-order valence-corrected chi connectivity index (χ0v) is 13.9. The monoisotopic (exact) mass is 363 g/mol. The second-order valence-electron chi connectivity index (χ2n) is 4.80. The Bertz CT molecular complexity index is 423. The van der Waals surface area contributed by atoms with Crippen LogP contribution in [0.1, 0.15) is 58.5 Å². The molecule has 0 aliphatic carbocycles. The highest BCUT2D eigenvalue weighted by atomic mass is 127. The molecule has 0 aliphatic rings. The second-order valence-corrected chi connectivity index (χ2v) is 5.88. The number of aromatic nitrogens is 2. The minimum absolute atomic E-state index is 0.323. The molecule has 4 nitrogen and oxygen atoms in total. The van der Waals surface area contributed by atoms with Gasteiger partial charge in [-0.25, -0.2) is 9.97 Å². The highest BCUT2D eigenvalue weighted by Crippen LogP contribution is 2.30. The number of hydrogen-bond acceptors (Lipinski definition) is 4. The van der Waals surface area contributed by atoms with Crippen LogP contribution in [0.15, 0.2) is 0 Å². The van der Waals surface area contributed by atoms with Crippen LogP contribution >= 0.6 is 22.6 Å². The predicted octanol–water partition coefficient (Wildman–Crippen LogP) is 3.45. The minimum atomic E-state index is -0.461. The summed E-state index contributed by atoms with van der Waals surface area (Å²) in [6.07, 6.45) is 0.818. The molecule has 0 radical (unpaired) electrons. The lowest BCUT2D eigenvalue weighted by molar-refractivity contribution is -0.0391. The van der Waals surface area contributed by atoms with E-state index in [0.29, 0.717) is 24.2 Å². The second kappa shape index (κ2) is 6.14. The molecule has 0 saturated heterocycles. The van der Waals surface area contributed by atoms with Gasteiger partial charge in [-0.15, -0.1) is 0 Å². The normalized spacial score (nSPS) is 14.8. The van der Waals surface area contributed by atoms with Crippen molar-refractivity contribution >= 4 is 28.4 Å². The Morgan fingerprint density at radius 3 is 2.39 bits per heavy atom. The molecule has 5 heteroatoms. The Morgan fingerprint density at radius 1 is 1.33 bits per heavy atom. The van der Waals surface area contributed by atoms with E-state index < -0.39 is 5.60 Å². The highest BCUT2D eigenvalue weighted by molar-refractivity contribution is 14.1. The average molecular weight is 363 g/mol. The summed E-state index contributed by atoms with van der Waals surface area (Å²) in [5.41, 5.74) is 6.53. The third kappa shape index (κ3) is 3.12. The third-order valence-electron chi connectivity index (χ3n) is 3.06. The molecule has 1 aromatic heterocycles. The van der Waals surface area contributed by atoms with Crippen molar-refractivity contribution in [3.8, 4) is 0 Å². The SMILES string of the molecule is CCOC(C)(CC)c1nc(N)c(I)c(C(C)C)n1. The number of rotatable bonds is 5. The largest absolute Gasteiger partial charge is 0.383 e. The number of halogens is 1. The van der Waals surface area contributed by atoms with Crippen molar-refractivity contribution in [1.82, 2.24) is 9.97 Å². The fourth-order valence-corrected chi connectivity index (χ4v) is 2.61. The van der Waals surface area contributed by atoms with Gasteiger partial charge in [0.2, 0.25) is 0 Å². The first-order valence-electron chi connectivity index (χ1n) is 6.33. The van der Waals surface area contributed by atoms with Crippen molar-refractivity contribution in [2.75, 3.05) is 12.3 Å². The van der Waals surface area contributed by atoms with Gasteiger partial charge in [0.25, 0.3) is 0 Å². The van der Waals surface area contributed by atoms with Crippen molar-refractivity contribution < 1.29 is 4.74 Å². The molecular formula is C13H22IN3O. The van der Waals surface area contributed by atoms with Crippen molar-refractivity contribution in [1.29, 1.82) is 0 Å². The summed E-state index contributed by atoms with van der Waals surface area (Å²) in [6.45, 7) is 10.9. The molecule has 1 heterocycles. The number of nitrogen functional groups attached to an aromatic ring is 1. The van der Waals surface area contributed by atoms with Crippen molar-refractivity contribution in [3.05, 3.63) is 15.1 Å². The zero-order chi connectivity index (χ0) is 13.9. The molecule has 102 valence electrons. The van der Waals surface area contributed by atoms with E-state index in [1.54, 1.807) is 0 Å². The Hall–Kier alpha value is -0.430. The zero-order valence-electron chi connectivity index (χ0n) is 11.7. The van der Waals surface area contributed by atoms with Crippen LogP contribution in [0.3, 0.4) is 0 Å². The van der Waals surface area contributed by atoms with Crippen LogP contribution < -0.4 is 5.73 Å². The number of ether oxygens (including phenoxy) is 1. The molecule has 0 aromatic carbocycles. The smallest absolute Gasteiger partial charge is 0.162 e. The third-order valence-corrected chi connectivity index (χ3v) is 4.17. The Balaban J connectivity index is 3.33. The van der Waals surface area contributed by atoms with Gasteiger partial charge in [-0.05, 0) is 48.8 Å². The number of hydrogen-bond donors (Lipinski definition) is 1. The molecule has 0 spiro atoms. The lowest BCUT2D eigenvalue weighted by Gasteiger charge is -2.27. The van der Waals surface area contributed by atoms with Crippen LogP contribution in [-0.4, -0.2) is 16.6 Å². The predicted molar refractivity (Wildman–Crippen MR) is 82.5 cm³/mol. The molecule has 2 N–H and O–H groups in total. The summed E-state index contributed by atoms with van der Waals surface area (Å²) in [5, 5.41) is 0. The lowest BCUT2D eigenvalue weighted by atomic mass is 10.0. The van der Waals surface area contributed by atoms with Gasteiger partial charge in [-0.3, -0.25) is 0 Å². The first kappa shape index (κ1) is 15.6. The summed E-state index contributed by atoms with van der Waals surface area (Å²) in [7, 11) is 0. The maximum Gasteiger partial charge on any atom is 0.162 e. The van der Waals surface area contributed by atoms with Crippen molar-refractivity contribution in [2.45, 2.75) is 52.6 Å².